The van der Waals surface area contributed by atoms with Gasteiger partial charge in [0.05, 0.1) is 12.8 Å². The van der Waals surface area contributed by atoms with Gasteiger partial charge in [-0.05, 0) is 12.1 Å². The van der Waals surface area contributed by atoms with Crippen molar-refractivity contribution >= 4 is 5.69 Å². The molecule has 60 valence electrons. The van der Waals surface area contributed by atoms with Crippen molar-refractivity contribution in [3.63, 3.8) is 0 Å². The third kappa shape index (κ3) is 1.53. The lowest BCUT2D eigenvalue weighted by Gasteiger charge is -2.06. The van der Waals surface area contributed by atoms with Gasteiger partial charge in [-0.3, -0.25) is 5.84 Å². The average molecular weight is 154 g/mol. The maximum atomic E-state index is 9.02. The molecule has 0 bridgehead atoms. The molecule has 0 aromatic heterocycles. The molecule has 1 aromatic rings. The number of nitrogens with one attached hydrogen (secondary N) is 1. The predicted octanol–water partition coefficient (Wildman–Crippen LogP) is 0.686. The molecule has 0 aliphatic heterocycles. The topological polar surface area (TPSA) is 67.5 Å². The highest BCUT2D eigenvalue weighted by atomic mass is 16.5. The maximum absolute atomic E-state index is 9.02. The van der Waals surface area contributed by atoms with Gasteiger partial charge in [0.1, 0.15) is 11.5 Å². The van der Waals surface area contributed by atoms with Crippen LogP contribution in [0.5, 0.6) is 11.5 Å². The summed E-state index contributed by atoms with van der Waals surface area (Å²) in [5.41, 5.74) is 3.08. The first-order valence-electron chi connectivity index (χ1n) is 3.11. The molecule has 0 unspecified atom stereocenters. The molecule has 4 heteroatoms. The van der Waals surface area contributed by atoms with Gasteiger partial charge < -0.3 is 15.3 Å². The van der Waals surface area contributed by atoms with E-state index >= 15 is 0 Å². The van der Waals surface area contributed by atoms with Crippen LogP contribution in [0, 0.1) is 0 Å². The molecule has 0 aliphatic rings. The molecular formula is C7H10N2O2. The van der Waals surface area contributed by atoms with Gasteiger partial charge in [-0.1, -0.05) is 0 Å². The Balaban J connectivity index is 3.06. The van der Waals surface area contributed by atoms with E-state index in [-0.39, 0.29) is 5.75 Å². The molecule has 4 nitrogen and oxygen atoms in total. The van der Waals surface area contributed by atoms with Gasteiger partial charge in [-0.15, -0.1) is 0 Å². The van der Waals surface area contributed by atoms with Crippen LogP contribution in [0.15, 0.2) is 18.2 Å². The minimum Gasteiger partial charge on any atom is -0.508 e. The Morgan fingerprint density at radius 1 is 1.55 bits per heavy atom. The van der Waals surface area contributed by atoms with Crippen molar-refractivity contribution in [3.8, 4) is 11.5 Å². The molecule has 1 aromatic carbocycles. The fourth-order valence-electron chi connectivity index (χ4n) is 0.799. The quantitative estimate of drug-likeness (QED) is 0.333. The van der Waals surface area contributed by atoms with E-state index in [2.05, 4.69) is 5.43 Å². The van der Waals surface area contributed by atoms with Crippen LogP contribution in [0.4, 0.5) is 5.69 Å². The van der Waals surface area contributed by atoms with Gasteiger partial charge in [0.25, 0.3) is 0 Å². The van der Waals surface area contributed by atoms with Crippen molar-refractivity contribution in [2.75, 3.05) is 12.5 Å². The SMILES string of the molecule is COc1cc(O)ccc1NN. The number of nitrogen functional groups attached to an aromatic ring is 1. The van der Waals surface area contributed by atoms with Crippen LogP contribution in [0.25, 0.3) is 0 Å². The number of rotatable bonds is 2. The summed E-state index contributed by atoms with van der Waals surface area (Å²) in [6, 6.07) is 4.64. The summed E-state index contributed by atoms with van der Waals surface area (Å²) in [6.07, 6.45) is 0. The number of hydrogen-bond acceptors (Lipinski definition) is 4. The van der Waals surface area contributed by atoms with E-state index in [4.69, 9.17) is 15.7 Å². The van der Waals surface area contributed by atoms with E-state index in [9.17, 15) is 0 Å². The number of benzene rings is 1. The predicted molar refractivity (Wildman–Crippen MR) is 42.5 cm³/mol. The summed E-state index contributed by atoms with van der Waals surface area (Å²) in [5, 5.41) is 9.02. The average Bonchev–Trinajstić information content (AvgIpc) is 2.04. The number of methoxy groups -OCH3 is 1. The zero-order valence-electron chi connectivity index (χ0n) is 6.16. The fourth-order valence-corrected chi connectivity index (χ4v) is 0.799. The van der Waals surface area contributed by atoms with Crippen molar-refractivity contribution in [2.45, 2.75) is 0 Å². The van der Waals surface area contributed by atoms with Gasteiger partial charge in [0, 0.05) is 6.07 Å². The lowest BCUT2D eigenvalue weighted by molar-refractivity contribution is 0.409. The minimum absolute atomic E-state index is 0.154. The molecule has 0 saturated carbocycles. The lowest BCUT2D eigenvalue weighted by atomic mass is 10.3. The normalized spacial score (nSPS) is 9.27. The monoisotopic (exact) mass is 154 g/mol. The molecule has 0 saturated heterocycles. The van der Waals surface area contributed by atoms with Gasteiger partial charge in [-0.25, -0.2) is 0 Å². The van der Waals surface area contributed by atoms with E-state index in [1.54, 1.807) is 6.07 Å². The third-order valence-electron chi connectivity index (χ3n) is 1.34. The fraction of sp³-hybridized carbons (Fsp3) is 0.143. The molecule has 1 rings (SSSR count). The van der Waals surface area contributed by atoms with Crippen LogP contribution in [-0.4, -0.2) is 12.2 Å². The molecule has 0 spiro atoms. The Morgan fingerprint density at radius 3 is 2.82 bits per heavy atom. The van der Waals surface area contributed by atoms with E-state index in [1.165, 1.54) is 19.2 Å². The molecule has 0 heterocycles. The molecule has 0 fully saturated rings. The number of phenolic OH excluding ortho intramolecular Hbond substituents is 1. The second kappa shape index (κ2) is 3.12. The summed E-state index contributed by atoms with van der Waals surface area (Å²) >= 11 is 0. The van der Waals surface area contributed by atoms with E-state index in [1.807, 2.05) is 0 Å². The highest BCUT2D eigenvalue weighted by Crippen LogP contribution is 2.27. The summed E-state index contributed by atoms with van der Waals surface area (Å²) in [7, 11) is 1.51. The van der Waals surface area contributed by atoms with Crippen molar-refractivity contribution in [1.82, 2.24) is 0 Å². The van der Waals surface area contributed by atoms with Crippen LogP contribution in [0.1, 0.15) is 0 Å². The first-order valence-corrected chi connectivity index (χ1v) is 3.11. The Labute approximate surface area is 64.6 Å². The van der Waals surface area contributed by atoms with Crippen LogP contribution in [-0.2, 0) is 0 Å². The Morgan fingerprint density at radius 2 is 2.27 bits per heavy atom. The summed E-state index contributed by atoms with van der Waals surface area (Å²) in [6.45, 7) is 0. The Bertz CT molecular complexity index is 250. The molecule has 0 radical (unpaired) electrons. The molecule has 4 N–H and O–H groups in total. The molecule has 0 aliphatic carbocycles. The smallest absolute Gasteiger partial charge is 0.146 e. The van der Waals surface area contributed by atoms with Crippen LogP contribution < -0.4 is 16.0 Å². The second-order valence-corrected chi connectivity index (χ2v) is 2.03. The van der Waals surface area contributed by atoms with Gasteiger partial charge in [0.2, 0.25) is 0 Å². The Hall–Kier alpha value is -1.42. The standard InChI is InChI=1S/C7H10N2O2/c1-11-7-4-5(10)2-3-6(7)9-8/h2-4,9-10H,8H2,1H3. The maximum Gasteiger partial charge on any atom is 0.146 e. The van der Waals surface area contributed by atoms with Crippen LogP contribution in [0.2, 0.25) is 0 Å². The lowest BCUT2D eigenvalue weighted by Crippen LogP contribution is -2.07. The number of nitrogens with two attached hydrogens (primary N) is 1. The minimum atomic E-state index is 0.154. The number of anilines is 1. The number of phenols is 1. The van der Waals surface area contributed by atoms with Gasteiger partial charge >= 0.3 is 0 Å². The number of ether oxygens (including phenoxy) is 1. The second-order valence-electron chi connectivity index (χ2n) is 2.03. The van der Waals surface area contributed by atoms with Crippen molar-refractivity contribution < 1.29 is 9.84 Å². The number of hydrazine groups is 1. The third-order valence-corrected chi connectivity index (χ3v) is 1.34. The summed E-state index contributed by atoms with van der Waals surface area (Å²) < 4.78 is 4.91. The zero-order chi connectivity index (χ0) is 8.27. The largest absolute Gasteiger partial charge is 0.508 e. The van der Waals surface area contributed by atoms with Crippen LogP contribution in [0.3, 0.4) is 0 Å². The molecule has 11 heavy (non-hydrogen) atoms. The highest BCUT2D eigenvalue weighted by Gasteiger charge is 2.00. The van der Waals surface area contributed by atoms with Crippen molar-refractivity contribution in [2.24, 2.45) is 5.84 Å². The van der Waals surface area contributed by atoms with E-state index in [0.717, 1.165) is 0 Å². The van der Waals surface area contributed by atoms with E-state index < -0.39 is 0 Å². The highest BCUT2D eigenvalue weighted by molar-refractivity contribution is 5.57. The number of aromatic hydroxyl groups is 1. The summed E-state index contributed by atoms with van der Waals surface area (Å²) in [5.74, 6) is 5.84. The first kappa shape index (κ1) is 7.68. The zero-order valence-corrected chi connectivity index (χ0v) is 6.16. The van der Waals surface area contributed by atoms with Crippen molar-refractivity contribution in [3.05, 3.63) is 18.2 Å². The summed E-state index contributed by atoms with van der Waals surface area (Å²) in [4.78, 5) is 0. The first-order chi connectivity index (χ1) is 5.27. The molecule has 0 atom stereocenters. The van der Waals surface area contributed by atoms with Crippen LogP contribution >= 0.6 is 0 Å². The van der Waals surface area contributed by atoms with Gasteiger partial charge in [-0.2, -0.15) is 0 Å². The number of hydrogen-bond donors (Lipinski definition) is 3. The van der Waals surface area contributed by atoms with E-state index in [0.29, 0.717) is 11.4 Å². The molecular weight excluding hydrogens is 144 g/mol. The van der Waals surface area contributed by atoms with Gasteiger partial charge in [0.15, 0.2) is 0 Å². The molecule has 0 amide bonds. The Kier molecular flexibility index (Phi) is 2.18. The van der Waals surface area contributed by atoms with Crippen molar-refractivity contribution in [1.29, 1.82) is 0 Å².